The summed E-state index contributed by atoms with van der Waals surface area (Å²) in [4.78, 5) is 27.3. The maximum atomic E-state index is 13.4. The lowest BCUT2D eigenvalue weighted by Crippen LogP contribution is -2.51. The zero-order valence-electron chi connectivity index (χ0n) is 19.1. The Morgan fingerprint density at radius 3 is 2.29 bits per heavy atom. The molecule has 0 unspecified atom stereocenters. The highest BCUT2D eigenvalue weighted by molar-refractivity contribution is 7.92. The van der Waals surface area contributed by atoms with Crippen LogP contribution in [0.25, 0.3) is 0 Å². The topological polar surface area (TPSA) is 96.0 Å². The van der Waals surface area contributed by atoms with Gasteiger partial charge >= 0.3 is 0 Å². The molecule has 0 aliphatic carbocycles. The average Bonchev–Trinajstić information content (AvgIpc) is 2.75. The fourth-order valence-corrected chi connectivity index (χ4v) is 4.72. The molecule has 1 N–H and O–H groups in total. The third kappa shape index (κ3) is 7.15. The van der Waals surface area contributed by atoms with Crippen molar-refractivity contribution in [2.24, 2.45) is 0 Å². The normalized spacial score (nSPS) is 12.1. The summed E-state index contributed by atoms with van der Waals surface area (Å²) >= 11 is 18.4. The number of rotatable bonds is 10. The maximum Gasteiger partial charge on any atom is 0.244 e. The van der Waals surface area contributed by atoms with E-state index in [0.717, 1.165) is 10.6 Å². The van der Waals surface area contributed by atoms with Gasteiger partial charge < -0.3 is 15.0 Å². The first-order valence-corrected chi connectivity index (χ1v) is 13.2. The minimum atomic E-state index is -3.88. The second-order valence-corrected chi connectivity index (χ2v) is 10.6. The smallest absolute Gasteiger partial charge is 0.244 e. The predicted molar refractivity (Wildman–Crippen MR) is 135 cm³/mol. The van der Waals surface area contributed by atoms with E-state index in [2.05, 4.69) is 5.32 Å². The lowest BCUT2D eigenvalue weighted by molar-refractivity contribution is -0.139. The van der Waals surface area contributed by atoms with Crippen molar-refractivity contribution in [2.45, 2.75) is 26.4 Å². The van der Waals surface area contributed by atoms with Crippen LogP contribution < -0.4 is 14.4 Å². The van der Waals surface area contributed by atoms with E-state index in [0.29, 0.717) is 27.9 Å². The number of likely N-dealkylation sites (N-methyl/N-ethyl adjacent to an activating group) is 1. The number of halogens is 3. The summed E-state index contributed by atoms with van der Waals surface area (Å²) in [6, 6.07) is 8.26. The third-order valence-electron chi connectivity index (χ3n) is 4.98. The SMILES string of the molecule is CCNC(=O)[C@@H](C)N(Cc1ccc(Cl)cc1Cl)C(=O)CN(c1ccc(OC)c(Cl)c1)S(C)(=O)=O. The highest BCUT2D eigenvalue weighted by Gasteiger charge is 2.30. The fraction of sp³-hybridized carbons (Fsp3) is 0.364. The number of amides is 2. The first-order chi connectivity index (χ1) is 15.9. The summed E-state index contributed by atoms with van der Waals surface area (Å²) in [5.41, 5.74) is 0.728. The number of ether oxygens (including phenoxy) is 1. The minimum absolute atomic E-state index is 0.0336. The molecule has 186 valence electrons. The molecular weight excluding hydrogens is 525 g/mol. The van der Waals surface area contributed by atoms with Gasteiger partial charge in [-0.2, -0.15) is 0 Å². The van der Waals surface area contributed by atoms with Crippen LogP contribution >= 0.6 is 34.8 Å². The van der Waals surface area contributed by atoms with Crippen molar-refractivity contribution in [2.75, 3.05) is 30.8 Å². The molecule has 0 bridgehead atoms. The zero-order chi connectivity index (χ0) is 25.6. The van der Waals surface area contributed by atoms with Crippen LogP contribution in [-0.4, -0.2) is 57.6 Å². The monoisotopic (exact) mass is 549 g/mol. The third-order valence-corrected chi connectivity index (χ3v) is 7.00. The highest BCUT2D eigenvalue weighted by Crippen LogP contribution is 2.30. The van der Waals surface area contributed by atoms with E-state index in [4.69, 9.17) is 39.5 Å². The molecule has 0 heterocycles. The number of anilines is 1. The Labute approximate surface area is 214 Å². The van der Waals surface area contributed by atoms with Crippen molar-refractivity contribution in [1.29, 1.82) is 0 Å². The Morgan fingerprint density at radius 2 is 1.76 bits per heavy atom. The van der Waals surface area contributed by atoms with Crippen LogP contribution in [0.4, 0.5) is 5.69 Å². The number of nitrogens with zero attached hydrogens (tertiary/aromatic N) is 2. The van der Waals surface area contributed by atoms with Gasteiger partial charge in [0.2, 0.25) is 21.8 Å². The van der Waals surface area contributed by atoms with Crippen molar-refractivity contribution in [1.82, 2.24) is 10.2 Å². The lowest BCUT2D eigenvalue weighted by atomic mass is 10.1. The van der Waals surface area contributed by atoms with Crippen LogP contribution in [0.1, 0.15) is 19.4 Å². The molecule has 0 aliphatic heterocycles. The molecule has 0 radical (unpaired) electrons. The van der Waals surface area contributed by atoms with Gasteiger partial charge in [0.05, 0.1) is 24.1 Å². The Balaban J connectivity index is 2.44. The molecule has 12 heteroatoms. The van der Waals surface area contributed by atoms with E-state index in [1.165, 1.54) is 36.3 Å². The Morgan fingerprint density at radius 1 is 1.09 bits per heavy atom. The van der Waals surface area contributed by atoms with Crippen LogP contribution in [0.15, 0.2) is 36.4 Å². The molecule has 0 fully saturated rings. The van der Waals surface area contributed by atoms with Gasteiger partial charge in [-0.25, -0.2) is 8.42 Å². The second-order valence-electron chi connectivity index (χ2n) is 7.42. The summed E-state index contributed by atoms with van der Waals surface area (Å²) in [5, 5.41) is 3.59. The number of hydrogen-bond acceptors (Lipinski definition) is 5. The van der Waals surface area contributed by atoms with Crippen LogP contribution in [0, 0.1) is 0 Å². The van der Waals surface area contributed by atoms with Gasteiger partial charge in [-0.15, -0.1) is 0 Å². The van der Waals surface area contributed by atoms with Crippen molar-refractivity contribution >= 4 is 62.3 Å². The maximum absolute atomic E-state index is 13.4. The predicted octanol–water partition coefficient (Wildman–Crippen LogP) is 3.97. The van der Waals surface area contributed by atoms with Crippen molar-refractivity contribution in [3.8, 4) is 5.75 Å². The van der Waals surface area contributed by atoms with Gasteiger partial charge in [0, 0.05) is 23.1 Å². The molecule has 34 heavy (non-hydrogen) atoms. The number of carbonyl (C=O) groups excluding carboxylic acids is 2. The van der Waals surface area contributed by atoms with E-state index >= 15 is 0 Å². The number of sulfonamides is 1. The molecule has 1 atom stereocenters. The average molecular weight is 551 g/mol. The van der Waals surface area contributed by atoms with E-state index < -0.39 is 28.5 Å². The van der Waals surface area contributed by atoms with E-state index in [-0.39, 0.29) is 23.2 Å². The van der Waals surface area contributed by atoms with Crippen LogP contribution in [-0.2, 0) is 26.2 Å². The van der Waals surface area contributed by atoms with Gasteiger partial charge in [0.15, 0.2) is 0 Å². The van der Waals surface area contributed by atoms with Crippen LogP contribution in [0.5, 0.6) is 5.75 Å². The molecule has 0 aromatic heterocycles. The van der Waals surface area contributed by atoms with Crippen molar-refractivity contribution in [3.63, 3.8) is 0 Å². The molecule has 2 aromatic rings. The molecule has 2 rings (SSSR count). The van der Waals surface area contributed by atoms with Crippen LogP contribution in [0.3, 0.4) is 0 Å². The lowest BCUT2D eigenvalue weighted by Gasteiger charge is -2.31. The van der Waals surface area contributed by atoms with Gasteiger partial charge in [-0.3, -0.25) is 13.9 Å². The summed E-state index contributed by atoms with van der Waals surface area (Å²) in [6.07, 6.45) is 0.978. The highest BCUT2D eigenvalue weighted by atomic mass is 35.5. The number of benzene rings is 2. The molecule has 2 aromatic carbocycles. The number of carbonyl (C=O) groups is 2. The standard InChI is InChI=1S/C22H26Cl3N3O5S/c1-5-26-22(30)14(2)27(12-15-6-7-16(23)10-18(15)24)21(29)13-28(34(4,31)32)17-8-9-20(33-3)19(25)11-17/h6-11,14H,5,12-13H2,1-4H3,(H,26,30)/t14-/m1/s1. The number of hydrogen-bond donors (Lipinski definition) is 1. The summed E-state index contributed by atoms with van der Waals surface area (Å²) < 4.78 is 31.2. The van der Waals surface area contributed by atoms with Gasteiger partial charge in [0.1, 0.15) is 18.3 Å². The zero-order valence-corrected chi connectivity index (χ0v) is 22.2. The van der Waals surface area contributed by atoms with E-state index in [1.54, 1.807) is 26.0 Å². The molecule has 0 aliphatic rings. The first kappa shape index (κ1) is 28.0. The van der Waals surface area contributed by atoms with E-state index in [9.17, 15) is 18.0 Å². The van der Waals surface area contributed by atoms with Gasteiger partial charge in [-0.1, -0.05) is 40.9 Å². The van der Waals surface area contributed by atoms with Gasteiger partial charge in [-0.05, 0) is 49.7 Å². The largest absolute Gasteiger partial charge is 0.495 e. The fourth-order valence-electron chi connectivity index (χ4n) is 3.16. The Bertz CT molecular complexity index is 1160. The molecule has 2 amide bonds. The molecule has 8 nitrogen and oxygen atoms in total. The molecule has 0 saturated carbocycles. The Hall–Kier alpha value is -2.20. The second kappa shape index (κ2) is 12.0. The quantitative estimate of drug-likeness (QED) is 0.483. The summed E-state index contributed by atoms with van der Waals surface area (Å²) in [6.45, 7) is 3.09. The molecular formula is C22H26Cl3N3O5S. The Kier molecular flexibility index (Phi) is 9.87. The van der Waals surface area contributed by atoms with Gasteiger partial charge in [0.25, 0.3) is 0 Å². The van der Waals surface area contributed by atoms with E-state index in [1.807, 2.05) is 0 Å². The van der Waals surface area contributed by atoms with Crippen molar-refractivity contribution < 1.29 is 22.7 Å². The summed E-state index contributed by atoms with van der Waals surface area (Å²) in [5.74, 6) is -0.643. The first-order valence-electron chi connectivity index (χ1n) is 10.2. The number of nitrogens with one attached hydrogen (secondary N) is 1. The molecule has 0 saturated heterocycles. The molecule has 0 spiro atoms. The van der Waals surface area contributed by atoms with Crippen LogP contribution in [0.2, 0.25) is 15.1 Å². The number of methoxy groups -OCH3 is 1. The minimum Gasteiger partial charge on any atom is -0.495 e. The van der Waals surface area contributed by atoms with Crippen molar-refractivity contribution in [3.05, 3.63) is 57.0 Å². The summed E-state index contributed by atoms with van der Waals surface area (Å²) in [7, 11) is -2.45.